The fourth-order valence-electron chi connectivity index (χ4n) is 1.83. The van der Waals surface area contributed by atoms with Crippen LogP contribution in [0.15, 0.2) is 30.3 Å². The molecule has 21 heavy (non-hydrogen) atoms. The Morgan fingerprint density at radius 3 is 1.76 bits per heavy atom. The Balaban J connectivity index is 2.43. The van der Waals surface area contributed by atoms with Gasteiger partial charge in [-0.25, -0.2) is 22.0 Å². The molecule has 1 unspecified atom stereocenters. The van der Waals surface area contributed by atoms with Crippen LogP contribution in [0.2, 0.25) is 0 Å². The normalized spacial score (nSPS) is 12.3. The summed E-state index contributed by atoms with van der Waals surface area (Å²) in [5.74, 6) is -10.3. The van der Waals surface area contributed by atoms with Gasteiger partial charge >= 0.3 is 0 Å². The maximum atomic E-state index is 13.5. The standard InChI is InChI=1S/C14H10F5NO/c15-9-10(16)12(18)14(13(19)11(9)17)20-8(6-21)7-4-2-1-3-5-7/h1-5,8,20-21H,6H2. The Hall–Kier alpha value is -2.15. The molecule has 2 N–H and O–H groups in total. The van der Waals surface area contributed by atoms with E-state index in [2.05, 4.69) is 5.32 Å². The summed E-state index contributed by atoms with van der Waals surface area (Å²) in [6.07, 6.45) is 0. The van der Waals surface area contributed by atoms with E-state index in [9.17, 15) is 27.1 Å². The summed E-state index contributed by atoms with van der Waals surface area (Å²) in [4.78, 5) is 0. The summed E-state index contributed by atoms with van der Waals surface area (Å²) < 4.78 is 66.2. The summed E-state index contributed by atoms with van der Waals surface area (Å²) in [6.45, 7) is -0.594. The van der Waals surface area contributed by atoms with E-state index in [0.29, 0.717) is 5.56 Å². The maximum Gasteiger partial charge on any atom is 0.200 e. The van der Waals surface area contributed by atoms with Gasteiger partial charge in [0.1, 0.15) is 5.69 Å². The number of benzene rings is 2. The van der Waals surface area contributed by atoms with Crippen molar-refractivity contribution in [3.05, 3.63) is 65.0 Å². The molecule has 0 bridgehead atoms. The quantitative estimate of drug-likeness (QED) is 0.514. The highest BCUT2D eigenvalue weighted by atomic mass is 19.2. The Kier molecular flexibility index (Phi) is 4.42. The number of hydrogen-bond donors (Lipinski definition) is 2. The lowest BCUT2D eigenvalue weighted by molar-refractivity contribution is 0.275. The minimum atomic E-state index is -2.23. The van der Waals surface area contributed by atoms with Gasteiger partial charge in [-0.05, 0) is 5.56 Å². The van der Waals surface area contributed by atoms with E-state index in [1.165, 1.54) is 0 Å². The zero-order valence-corrected chi connectivity index (χ0v) is 10.5. The second-order valence-corrected chi connectivity index (χ2v) is 4.24. The van der Waals surface area contributed by atoms with Gasteiger partial charge in [-0.2, -0.15) is 0 Å². The lowest BCUT2D eigenvalue weighted by atomic mass is 10.1. The van der Waals surface area contributed by atoms with Crippen LogP contribution in [0.5, 0.6) is 0 Å². The molecular formula is C14H10F5NO. The molecule has 0 aliphatic heterocycles. The van der Waals surface area contributed by atoms with Crippen molar-refractivity contribution >= 4 is 5.69 Å². The Labute approximate surface area is 116 Å². The third-order valence-electron chi connectivity index (χ3n) is 2.91. The van der Waals surface area contributed by atoms with Crippen molar-refractivity contribution in [1.82, 2.24) is 0 Å². The zero-order valence-electron chi connectivity index (χ0n) is 10.5. The summed E-state index contributed by atoms with van der Waals surface area (Å²) in [5.41, 5.74) is -0.738. The molecule has 1 atom stereocenters. The molecule has 0 heterocycles. The Bertz CT molecular complexity index is 619. The van der Waals surface area contributed by atoms with E-state index in [1.54, 1.807) is 30.3 Å². The first-order chi connectivity index (χ1) is 9.97. The molecule has 2 aromatic rings. The van der Waals surface area contributed by atoms with Gasteiger partial charge in [0.2, 0.25) is 5.82 Å². The largest absolute Gasteiger partial charge is 0.394 e. The van der Waals surface area contributed by atoms with E-state index in [0.717, 1.165) is 0 Å². The lowest BCUT2D eigenvalue weighted by Crippen LogP contribution is -2.18. The lowest BCUT2D eigenvalue weighted by Gasteiger charge is -2.19. The summed E-state index contributed by atoms with van der Waals surface area (Å²) in [6, 6.07) is 6.96. The highest BCUT2D eigenvalue weighted by Gasteiger charge is 2.27. The molecule has 0 aliphatic rings. The molecule has 112 valence electrons. The topological polar surface area (TPSA) is 32.3 Å². The molecule has 2 aromatic carbocycles. The number of aliphatic hydroxyl groups is 1. The molecule has 2 nitrogen and oxygen atoms in total. The summed E-state index contributed by atoms with van der Waals surface area (Å²) in [5, 5.41) is 11.4. The van der Waals surface area contributed by atoms with Gasteiger partial charge in [0.05, 0.1) is 12.6 Å². The van der Waals surface area contributed by atoms with Crippen LogP contribution in [0, 0.1) is 29.1 Å². The average molecular weight is 303 g/mol. The van der Waals surface area contributed by atoms with Crippen LogP contribution < -0.4 is 5.32 Å². The molecule has 0 saturated carbocycles. The first-order valence-electron chi connectivity index (χ1n) is 5.91. The van der Waals surface area contributed by atoms with Crippen LogP contribution in [0.3, 0.4) is 0 Å². The number of anilines is 1. The van der Waals surface area contributed by atoms with Crippen LogP contribution >= 0.6 is 0 Å². The van der Waals surface area contributed by atoms with Gasteiger partial charge in [0, 0.05) is 0 Å². The molecule has 0 fully saturated rings. The maximum absolute atomic E-state index is 13.5. The Morgan fingerprint density at radius 2 is 1.29 bits per heavy atom. The molecular weight excluding hydrogens is 293 g/mol. The van der Waals surface area contributed by atoms with E-state index >= 15 is 0 Å². The van der Waals surface area contributed by atoms with Crippen LogP contribution in [-0.2, 0) is 0 Å². The SMILES string of the molecule is OCC(Nc1c(F)c(F)c(F)c(F)c1F)c1ccccc1. The van der Waals surface area contributed by atoms with Gasteiger partial charge in [-0.1, -0.05) is 30.3 Å². The van der Waals surface area contributed by atoms with Crippen molar-refractivity contribution in [3.8, 4) is 0 Å². The highest BCUT2D eigenvalue weighted by molar-refractivity contribution is 5.49. The first-order valence-corrected chi connectivity index (χ1v) is 5.91. The molecule has 0 aliphatic carbocycles. The van der Waals surface area contributed by atoms with Crippen LogP contribution in [0.1, 0.15) is 11.6 Å². The van der Waals surface area contributed by atoms with Crippen molar-refractivity contribution in [2.24, 2.45) is 0 Å². The van der Waals surface area contributed by atoms with Crippen molar-refractivity contribution < 1.29 is 27.1 Å². The first kappa shape index (κ1) is 15.2. The number of aliphatic hydroxyl groups excluding tert-OH is 1. The minimum Gasteiger partial charge on any atom is -0.394 e. The van der Waals surface area contributed by atoms with Crippen molar-refractivity contribution in [1.29, 1.82) is 0 Å². The predicted octanol–water partition coefficient (Wildman–Crippen LogP) is 3.53. The van der Waals surface area contributed by atoms with Crippen molar-refractivity contribution in [3.63, 3.8) is 0 Å². The second kappa shape index (κ2) is 6.09. The van der Waals surface area contributed by atoms with Gasteiger partial charge in [0.15, 0.2) is 23.3 Å². The fraction of sp³-hybridized carbons (Fsp3) is 0.143. The van der Waals surface area contributed by atoms with E-state index in [-0.39, 0.29) is 0 Å². The van der Waals surface area contributed by atoms with E-state index < -0.39 is 47.4 Å². The molecule has 0 amide bonds. The molecule has 0 spiro atoms. The van der Waals surface area contributed by atoms with Crippen LogP contribution in [-0.4, -0.2) is 11.7 Å². The molecule has 2 rings (SSSR count). The van der Waals surface area contributed by atoms with Crippen molar-refractivity contribution in [2.75, 3.05) is 11.9 Å². The van der Waals surface area contributed by atoms with Gasteiger partial charge < -0.3 is 10.4 Å². The average Bonchev–Trinajstić information content (AvgIpc) is 2.52. The minimum absolute atomic E-state index is 0.434. The zero-order chi connectivity index (χ0) is 15.6. The third-order valence-corrected chi connectivity index (χ3v) is 2.91. The fourth-order valence-corrected chi connectivity index (χ4v) is 1.83. The van der Waals surface area contributed by atoms with Crippen molar-refractivity contribution in [2.45, 2.75) is 6.04 Å². The number of nitrogens with one attached hydrogen (secondary N) is 1. The monoisotopic (exact) mass is 303 g/mol. The smallest absolute Gasteiger partial charge is 0.200 e. The van der Waals surface area contributed by atoms with Gasteiger partial charge in [0.25, 0.3) is 0 Å². The van der Waals surface area contributed by atoms with E-state index in [4.69, 9.17) is 0 Å². The molecule has 7 heteroatoms. The predicted molar refractivity (Wildman–Crippen MR) is 66.1 cm³/mol. The van der Waals surface area contributed by atoms with Gasteiger partial charge in [-0.15, -0.1) is 0 Å². The number of rotatable bonds is 4. The summed E-state index contributed by atoms with van der Waals surface area (Å²) in [7, 11) is 0. The highest BCUT2D eigenvalue weighted by Crippen LogP contribution is 2.30. The van der Waals surface area contributed by atoms with Crippen LogP contribution in [0.25, 0.3) is 0 Å². The molecule has 0 saturated heterocycles. The Morgan fingerprint density at radius 1 is 0.810 bits per heavy atom. The van der Waals surface area contributed by atoms with Gasteiger partial charge in [-0.3, -0.25) is 0 Å². The van der Waals surface area contributed by atoms with E-state index in [1.807, 2.05) is 0 Å². The molecule has 0 radical (unpaired) electrons. The van der Waals surface area contributed by atoms with Crippen LogP contribution in [0.4, 0.5) is 27.6 Å². The summed E-state index contributed by atoms with van der Waals surface area (Å²) >= 11 is 0. The number of hydrogen-bond acceptors (Lipinski definition) is 2. The third kappa shape index (κ3) is 2.82. The molecule has 0 aromatic heterocycles. The number of halogens is 5. The second-order valence-electron chi connectivity index (χ2n) is 4.24.